The number of nitrogens with one attached hydrogen (secondary N) is 1. The van der Waals surface area contributed by atoms with Crippen molar-refractivity contribution in [3.05, 3.63) is 0 Å². The first-order valence-electron chi connectivity index (χ1n) is 6.74. The lowest BCUT2D eigenvalue weighted by Crippen LogP contribution is -2.46. The minimum absolute atomic E-state index is 0.491. The van der Waals surface area contributed by atoms with Gasteiger partial charge in [0.15, 0.2) is 0 Å². The van der Waals surface area contributed by atoms with Crippen molar-refractivity contribution in [2.45, 2.75) is 39.2 Å². The van der Waals surface area contributed by atoms with Crippen molar-refractivity contribution < 1.29 is 4.74 Å². The molecule has 1 saturated heterocycles. The predicted molar refractivity (Wildman–Crippen MR) is 68.8 cm³/mol. The lowest BCUT2D eigenvalue weighted by molar-refractivity contribution is 0.113. The lowest BCUT2D eigenvalue weighted by atomic mass is 9.95. The molecule has 0 spiro atoms. The molecule has 0 amide bonds. The van der Waals surface area contributed by atoms with Crippen LogP contribution in [0.3, 0.4) is 0 Å². The number of nitrogens with zero attached hydrogens (tertiary/aromatic N) is 1. The molecule has 1 fully saturated rings. The minimum atomic E-state index is 0.491. The maximum atomic E-state index is 5.26. The Balaban J connectivity index is 2.31. The molecule has 2 unspecified atom stereocenters. The van der Waals surface area contributed by atoms with Gasteiger partial charge in [-0.15, -0.1) is 0 Å². The summed E-state index contributed by atoms with van der Waals surface area (Å²) in [6.45, 7) is 10.0. The van der Waals surface area contributed by atoms with E-state index in [1.54, 1.807) is 7.11 Å². The van der Waals surface area contributed by atoms with Crippen LogP contribution in [0, 0.1) is 5.92 Å². The summed E-state index contributed by atoms with van der Waals surface area (Å²) in [4.78, 5) is 2.60. The number of hydrogen-bond acceptors (Lipinski definition) is 3. The Kier molecular flexibility index (Phi) is 7.01. The maximum absolute atomic E-state index is 5.26. The smallest absolute Gasteiger partial charge is 0.0628 e. The van der Waals surface area contributed by atoms with Gasteiger partial charge in [-0.25, -0.2) is 0 Å². The molecule has 1 heterocycles. The van der Waals surface area contributed by atoms with Crippen LogP contribution in [-0.2, 0) is 4.74 Å². The van der Waals surface area contributed by atoms with E-state index in [0.29, 0.717) is 6.04 Å². The molecule has 2 atom stereocenters. The van der Waals surface area contributed by atoms with Gasteiger partial charge in [-0.2, -0.15) is 0 Å². The second kappa shape index (κ2) is 8.04. The van der Waals surface area contributed by atoms with Crippen LogP contribution in [0.5, 0.6) is 0 Å². The highest BCUT2D eigenvalue weighted by Crippen LogP contribution is 2.19. The van der Waals surface area contributed by atoms with Crippen LogP contribution in [0.15, 0.2) is 0 Å². The third-order valence-corrected chi connectivity index (χ3v) is 3.52. The van der Waals surface area contributed by atoms with Crippen molar-refractivity contribution in [3.63, 3.8) is 0 Å². The Morgan fingerprint density at radius 3 is 2.88 bits per heavy atom. The first-order valence-corrected chi connectivity index (χ1v) is 6.74. The molecule has 0 bridgehead atoms. The summed E-state index contributed by atoms with van der Waals surface area (Å²) in [5.41, 5.74) is 0. The van der Waals surface area contributed by atoms with Crippen LogP contribution in [0.1, 0.15) is 33.1 Å². The van der Waals surface area contributed by atoms with Crippen molar-refractivity contribution in [3.8, 4) is 0 Å². The molecule has 0 radical (unpaired) electrons. The van der Waals surface area contributed by atoms with E-state index >= 15 is 0 Å². The molecule has 1 rings (SSSR count). The first-order chi connectivity index (χ1) is 7.80. The molecular formula is C13H28N2O. The Morgan fingerprint density at radius 1 is 1.44 bits per heavy atom. The fraction of sp³-hybridized carbons (Fsp3) is 1.00. The largest absolute Gasteiger partial charge is 0.383 e. The number of ether oxygens (including phenoxy) is 1. The van der Waals surface area contributed by atoms with Crippen molar-refractivity contribution in [2.75, 3.05) is 39.9 Å². The van der Waals surface area contributed by atoms with E-state index in [1.165, 1.54) is 32.4 Å². The topological polar surface area (TPSA) is 24.5 Å². The van der Waals surface area contributed by atoms with E-state index < -0.39 is 0 Å². The maximum Gasteiger partial charge on any atom is 0.0628 e. The van der Waals surface area contributed by atoms with Gasteiger partial charge >= 0.3 is 0 Å². The average molecular weight is 228 g/mol. The van der Waals surface area contributed by atoms with Gasteiger partial charge in [-0.3, -0.25) is 0 Å². The Bertz CT molecular complexity index is 169. The quantitative estimate of drug-likeness (QED) is 0.718. The number of methoxy groups -OCH3 is 1. The van der Waals surface area contributed by atoms with Crippen LogP contribution in [0.2, 0.25) is 0 Å². The summed E-state index contributed by atoms with van der Waals surface area (Å²) in [6, 6.07) is 0.491. The third-order valence-electron chi connectivity index (χ3n) is 3.52. The van der Waals surface area contributed by atoms with E-state index in [9.17, 15) is 0 Å². The van der Waals surface area contributed by atoms with E-state index in [4.69, 9.17) is 4.74 Å². The van der Waals surface area contributed by atoms with E-state index in [1.807, 2.05) is 0 Å². The zero-order valence-corrected chi connectivity index (χ0v) is 11.2. The SMILES string of the molecule is CCNC(COC)CN1CCCC(CC)C1. The van der Waals surface area contributed by atoms with Gasteiger partial charge in [0.05, 0.1) is 6.61 Å². The van der Waals surface area contributed by atoms with E-state index in [2.05, 4.69) is 24.1 Å². The van der Waals surface area contributed by atoms with Gasteiger partial charge in [0.25, 0.3) is 0 Å². The molecule has 1 aliphatic heterocycles. The molecule has 3 nitrogen and oxygen atoms in total. The predicted octanol–water partition coefficient (Wildman–Crippen LogP) is 1.73. The molecular weight excluding hydrogens is 200 g/mol. The summed E-state index contributed by atoms with van der Waals surface area (Å²) < 4.78 is 5.26. The summed E-state index contributed by atoms with van der Waals surface area (Å²) in [5, 5.41) is 3.50. The summed E-state index contributed by atoms with van der Waals surface area (Å²) in [5.74, 6) is 0.915. The number of piperidine rings is 1. The molecule has 1 aliphatic rings. The van der Waals surface area contributed by atoms with E-state index in [0.717, 1.165) is 25.6 Å². The third kappa shape index (κ3) is 4.81. The highest BCUT2D eigenvalue weighted by Gasteiger charge is 2.20. The molecule has 0 aromatic carbocycles. The normalized spacial score (nSPS) is 24.6. The molecule has 0 aliphatic carbocycles. The molecule has 1 N–H and O–H groups in total. The minimum Gasteiger partial charge on any atom is -0.383 e. The average Bonchev–Trinajstić information content (AvgIpc) is 2.30. The molecule has 0 aromatic rings. The van der Waals surface area contributed by atoms with Crippen LogP contribution in [0.25, 0.3) is 0 Å². The van der Waals surface area contributed by atoms with Gasteiger partial charge in [0.1, 0.15) is 0 Å². The number of likely N-dealkylation sites (N-methyl/N-ethyl adjacent to an activating group) is 1. The molecule has 0 saturated carbocycles. The van der Waals surface area contributed by atoms with Gasteiger partial charge in [-0.1, -0.05) is 20.3 Å². The summed E-state index contributed by atoms with van der Waals surface area (Å²) in [7, 11) is 1.79. The number of rotatable bonds is 7. The summed E-state index contributed by atoms with van der Waals surface area (Å²) >= 11 is 0. The Labute approximate surface area is 101 Å². The molecule has 3 heteroatoms. The van der Waals surface area contributed by atoms with Gasteiger partial charge in [-0.05, 0) is 31.8 Å². The molecule has 16 heavy (non-hydrogen) atoms. The van der Waals surface area contributed by atoms with Crippen molar-refractivity contribution in [1.29, 1.82) is 0 Å². The van der Waals surface area contributed by atoms with E-state index in [-0.39, 0.29) is 0 Å². The number of hydrogen-bond donors (Lipinski definition) is 1. The number of likely N-dealkylation sites (tertiary alicyclic amines) is 1. The van der Waals surface area contributed by atoms with Crippen LogP contribution >= 0.6 is 0 Å². The standard InChI is InChI=1S/C13H28N2O/c1-4-12-7-6-8-15(9-12)10-13(11-16-3)14-5-2/h12-14H,4-11H2,1-3H3. The zero-order valence-electron chi connectivity index (χ0n) is 11.2. The van der Waals surface area contributed by atoms with Crippen molar-refractivity contribution in [2.24, 2.45) is 5.92 Å². The first kappa shape index (κ1) is 13.9. The van der Waals surface area contributed by atoms with Crippen LogP contribution in [0.4, 0.5) is 0 Å². The van der Waals surface area contributed by atoms with Crippen LogP contribution in [-0.4, -0.2) is 50.8 Å². The second-order valence-electron chi connectivity index (χ2n) is 4.89. The highest BCUT2D eigenvalue weighted by atomic mass is 16.5. The molecule has 96 valence electrons. The Morgan fingerprint density at radius 2 is 2.25 bits per heavy atom. The van der Waals surface area contributed by atoms with Crippen molar-refractivity contribution >= 4 is 0 Å². The van der Waals surface area contributed by atoms with Gasteiger partial charge in [0, 0.05) is 26.2 Å². The van der Waals surface area contributed by atoms with Gasteiger partial charge in [0.2, 0.25) is 0 Å². The molecule has 0 aromatic heterocycles. The lowest BCUT2D eigenvalue weighted by Gasteiger charge is -2.34. The van der Waals surface area contributed by atoms with Crippen LogP contribution < -0.4 is 5.32 Å². The second-order valence-corrected chi connectivity index (χ2v) is 4.89. The summed E-state index contributed by atoms with van der Waals surface area (Å²) in [6.07, 6.45) is 4.11. The fourth-order valence-corrected chi connectivity index (χ4v) is 2.63. The Hall–Kier alpha value is -0.120. The fourth-order valence-electron chi connectivity index (χ4n) is 2.63. The van der Waals surface area contributed by atoms with Crippen molar-refractivity contribution in [1.82, 2.24) is 10.2 Å². The highest BCUT2D eigenvalue weighted by molar-refractivity contribution is 4.77. The monoisotopic (exact) mass is 228 g/mol. The van der Waals surface area contributed by atoms with Gasteiger partial charge < -0.3 is 15.0 Å². The zero-order chi connectivity index (χ0) is 11.8.